The van der Waals surface area contributed by atoms with Crippen LogP contribution in [0.25, 0.3) is 0 Å². The smallest absolute Gasteiger partial charge is 0.233 e. The van der Waals surface area contributed by atoms with Gasteiger partial charge in [0.15, 0.2) is 0 Å². The number of likely N-dealkylation sites (N-methyl/N-ethyl adjacent to an activating group) is 1. The minimum atomic E-state index is -0.717. The van der Waals surface area contributed by atoms with E-state index in [2.05, 4.69) is 4.98 Å². The number of carbonyl (C=O) groups excluding carboxylic acids is 1. The minimum absolute atomic E-state index is 0.000556. The van der Waals surface area contributed by atoms with Gasteiger partial charge in [0.25, 0.3) is 0 Å². The topological polar surface area (TPSA) is 42.4 Å². The monoisotopic (exact) mass is 334 g/mol. The number of aromatic nitrogens is 1. The second-order valence-electron chi connectivity index (χ2n) is 5.85. The summed E-state index contributed by atoms with van der Waals surface area (Å²) in [5, 5.41) is 1.93. The average Bonchev–Trinajstić information content (AvgIpc) is 3.07. The average molecular weight is 334 g/mol. The summed E-state index contributed by atoms with van der Waals surface area (Å²) in [7, 11) is 1.78. The van der Waals surface area contributed by atoms with Crippen molar-refractivity contribution in [3.8, 4) is 0 Å². The normalized spacial score (nSPS) is 17.0. The summed E-state index contributed by atoms with van der Waals surface area (Å²) in [6.07, 6.45) is 1.13. The molecule has 0 spiro atoms. The fraction of sp³-hybridized carbons (Fsp3) is 0.412. The molecule has 0 unspecified atom stereocenters. The van der Waals surface area contributed by atoms with Crippen LogP contribution in [0, 0.1) is 5.82 Å². The van der Waals surface area contributed by atoms with E-state index in [0.29, 0.717) is 32.6 Å². The Bertz CT molecular complexity index is 669. The van der Waals surface area contributed by atoms with Crippen LogP contribution in [0.5, 0.6) is 0 Å². The molecule has 0 bridgehead atoms. The predicted octanol–water partition coefficient (Wildman–Crippen LogP) is 2.99. The summed E-state index contributed by atoms with van der Waals surface area (Å²) >= 11 is 1.51. The van der Waals surface area contributed by atoms with Crippen LogP contribution in [0.1, 0.15) is 24.1 Å². The highest BCUT2D eigenvalue weighted by Crippen LogP contribution is 2.37. The molecule has 1 saturated heterocycles. The molecule has 1 aromatic heterocycles. The van der Waals surface area contributed by atoms with Gasteiger partial charge in [-0.1, -0.05) is 12.1 Å². The van der Waals surface area contributed by atoms with E-state index in [0.717, 1.165) is 11.3 Å². The van der Waals surface area contributed by atoms with Gasteiger partial charge in [-0.3, -0.25) is 4.79 Å². The molecular formula is C17H19FN2O2S. The molecule has 2 heterocycles. The van der Waals surface area contributed by atoms with Gasteiger partial charge in [0.2, 0.25) is 5.91 Å². The van der Waals surface area contributed by atoms with Gasteiger partial charge in [-0.15, -0.1) is 11.3 Å². The highest BCUT2D eigenvalue weighted by molar-refractivity contribution is 7.07. The summed E-state index contributed by atoms with van der Waals surface area (Å²) in [6, 6.07) is 6.37. The lowest BCUT2D eigenvalue weighted by Crippen LogP contribution is -2.48. The summed E-state index contributed by atoms with van der Waals surface area (Å²) in [5.41, 5.74) is 2.64. The number of thiazole rings is 1. The molecule has 2 aromatic rings. The highest BCUT2D eigenvalue weighted by atomic mass is 32.1. The van der Waals surface area contributed by atoms with Crippen LogP contribution in [-0.4, -0.2) is 36.1 Å². The third-order valence-electron chi connectivity index (χ3n) is 4.36. The second kappa shape index (κ2) is 6.76. The van der Waals surface area contributed by atoms with Crippen molar-refractivity contribution >= 4 is 17.2 Å². The predicted molar refractivity (Wildman–Crippen MR) is 86.7 cm³/mol. The van der Waals surface area contributed by atoms with Gasteiger partial charge >= 0.3 is 0 Å². The maximum absolute atomic E-state index is 13.7. The van der Waals surface area contributed by atoms with E-state index in [1.54, 1.807) is 23.5 Å². The standard InChI is InChI=1S/C17H19FN2O2S/c1-20(10-15-11-23-12-19-15)16(21)17(5-7-22-8-6-17)13-3-2-4-14(18)9-13/h2-4,9,11-12H,5-8,10H2,1H3. The number of carbonyl (C=O) groups is 1. The molecule has 1 fully saturated rings. The van der Waals surface area contributed by atoms with Crippen molar-refractivity contribution in [1.29, 1.82) is 0 Å². The lowest BCUT2D eigenvalue weighted by molar-refractivity contribution is -0.140. The van der Waals surface area contributed by atoms with Gasteiger partial charge in [0.05, 0.1) is 23.2 Å². The van der Waals surface area contributed by atoms with E-state index in [9.17, 15) is 9.18 Å². The Morgan fingerprint density at radius 2 is 2.22 bits per heavy atom. The Balaban J connectivity index is 1.90. The minimum Gasteiger partial charge on any atom is -0.381 e. The molecule has 0 aliphatic carbocycles. The number of rotatable bonds is 4. The first-order chi connectivity index (χ1) is 11.1. The van der Waals surface area contributed by atoms with Crippen LogP contribution in [-0.2, 0) is 21.5 Å². The summed E-state index contributed by atoms with van der Waals surface area (Å²) in [6.45, 7) is 1.47. The molecule has 1 aliphatic rings. The Labute approximate surface area is 138 Å². The van der Waals surface area contributed by atoms with Crippen molar-refractivity contribution < 1.29 is 13.9 Å². The van der Waals surface area contributed by atoms with Gasteiger partial charge in [0, 0.05) is 25.6 Å². The Morgan fingerprint density at radius 1 is 1.43 bits per heavy atom. The van der Waals surface area contributed by atoms with Crippen LogP contribution >= 0.6 is 11.3 Å². The zero-order valence-electron chi connectivity index (χ0n) is 13.0. The summed E-state index contributed by atoms with van der Waals surface area (Å²) in [5.74, 6) is -0.317. The Kier molecular flexibility index (Phi) is 4.73. The van der Waals surface area contributed by atoms with Crippen molar-refractivity contribution in [2.24, 2.45) is 0 Å². The number of amides is 1. The van der Waals surface area contributed by atoms with Crippen LogP contribution in [0.2, 0.25) is 0 Å². The maximum Gasteiger partial charge on any atom is 0.233 e. The molecule has 23 heavy (non-hydrogen) atoms. The van der Waals surface area contributed by atoms with Crippen LogP contribution < -0.4 is 0 Å². The number of benzene rings is 1. The first kappa shape index (κ1) is 16.1. The van der Waals surface area contributed by atoms with Gasteiger partial charge in [0.1, 0.15) is 5.82 Å². The SMILES string of the molecule is CN(Cc1cscn1)C(=O)C1(c2cccc(F)c2)CCOCC1. The van der Waals surface area contributed by atoms with Crippen LogP contribution in [0.15, 0.2) is 35.2 Å². The number of hydrogen-bond acceptors (Lipinski definition) is 4. The zero-order valence-corrected chi connectivity index (χ0v) is 13.8. The van der Waals surface area contributed by atoms with Crippen molar-refractivity contribution in [2.45, 2.75) is 24.8 Å². The molecule has 3 rings (SSSR count). The molecular weight excluding hydrogens is 315 g/mol. The molecule has 1 aliphatic heterocycles. The van der Waals surface area contributed by atoms with Gasteiger partial charge in [-0.05, 0) is 30.5 Å². The fourth-order valence-electron chi connectivity index (χ4n) is 3.13. The first-order valence-electron chi connectivity index (χ1n) is 7.58. The first-order valence-corrected chi connectivity index (χ1v) is 8.52. The molecule has 0 atom stereocenters. The van der Waals surface area contributed by atoms with Crippen molar-refractivity contribution in [3.63, 3.8) is 0 Å². The number of ether oxygens (including phenoxy) is 1. The molecule has 0 N–H and O–H groups in total. The molecule has 1 amide bonds. The summed E-state index contributed by atoms with van der Waals surface area (Å²) < 4.78 is 19.1. The summed E-state index contributed by atoms with van der Waals surface area (Å²) in [4.78, 5) is 19.1. The third-order valence-corrected chi connectivity index (χ3v) is 5.00. The van der Waals surface area contributed by atoms with Gasteiger partial charge in [-0.2, -0.15) is 0 Å². The van der Waals surface area contributed by atoms with E-state index in [1.165, 1.54) is 23.5 Å². The Hall–Kier alpha value is -1.79. The fourth-order valence-corrected chi connectivity index (χ4v) is 3.68. The van der Waals surface area contributed by atoms with Crippen molar-refractivity contribution in [3.05, 3.63) is 52.2 Å². The Morgan fingerprint density at radius 3 is 2.87 bits per heavy atom. The van der Waals surface area contributed by atoms with Gasteiger partial charge < -0.3 is 9.64 Å². The maximum atomic E-state index is 13.7. The molecule has 6 heteroatoms. The van der Waals surface area contributed by atoms with E-state index in [-0.39, 0.29) is 11.7 Å². The lowest BCUT2D eigenvalue weighted by atomic mass is 9.73. The van der Waals surface area contributed by atoms with E-state index in [1.807, 2.05) is 11.4 Å². The number of hydrogen-bond donors (Lipinski definition) is 0. The lowest BCUT2D eigenvalue weighted by Gasteiger charge is -2.39. The molecule has 0 saturated carbocycles. The third kappa shape index (κ3) is 3.28. The quantitative estimate of drug-likeness (QED) is 0.863. The molecule has 1 aromatic carbocycles. The molecule has 4 nitrogen and oxygen atoms in total. The van der Waals surface area contributed by atoms with Crippen LogP contribution in [0.3, 0.4) is 0 Å². The van der Waals surface area contributed by atoms with E-state index in [4.69, 9.17) is 4.74 Å². The van der Waals surface area contributed by atoms with Crippen molar-refractivity contribution in [2.75, 3.05) is 20.3 Å². The van der Waals surface area contributed by atoms with E-state index >= 15 is 0 Å². The van der Waals surface area contributed by atoms with Gasteiger partial charge in [-0.25, -0.2) is 9.37 Å². The largest absolute Gasteiger partial charge is 0.381 e. The zero-order chi connectivity index (χ0) is 16.3. The second-order valence-corrected chi connectivity index (χ2v) is 6.56. The molecule has 0 radical (unpaired) electrons. The number of halogens is 1. The molecule has 122 valence electrons. The number of nitrogens with zero attached hydrogens (tertiary/aromatic N) is 2. The highest BCUT2D eigenvalue weighted by Gasteiger charge is 2.43. The van der Waals surface area contributed by atoms with Crippen molar-refractivity contribution in [1.82, 2.24) is 9.88 Å². The van der Waals surface area contributed by atoms with Crippen LogP contribution in [0.4, 0.5) is 4.39 Å². The van der Waals surface area contributed by atoms with E-state index < -0.39 is 5.41 Å².